The quantitative estimate of drug-likeness (QED) is 0.880. The van der Waals surface area contributed by atoms with E-state index in [0.29, 0.717) is 13.0 Å². The molecule has 1 N–H and O–H groups in total. The third-order valence-corrected chi connectivity index (χ3v) is 3.34. The summed E-state index contributed by atoms with van der Waals surface area (Å²) in [4.78, 5) is 0. The van der Waals surface area contributed by atoms with Crippen molar-refractivity contribution in [1.82, 2.24) is 0 Å². The van der Waals surface area contributed by atoms with Crippen molar-refractivity contribution in [2.75, 3.05) is 6.61 Å². The van der Waals surface area contributed by atoms with E-state index in [2.05, 4.69) is 32.9 Å². The minimum Gasteiger partial charge on any atom is -0.490 e. The van der Waals surface area contributed by atoms with E-state index < -0.39 is 5.60 Å². The van der Waals surface area contributed by atoms with Crippen LogP contribution in [-0.2, 0) is 5.41 Å². The first-order chi connectivity index (χ1) is 8.15. The summed E-state index contributed by atoms with van der Waals surface area (Å²) in [5.41, 5.74) is 1.82. The van der Waals surface area contributed by atoms with Crippen molar-refractivity contribution in [2.45, 2.75) is 59.0 Å². The lowest BCUT2D eigenvalue weighted by Crippen LogP contribution is -2.31. The van der Waals surface area contributed by atoms with Crippen molar-refractivity contribution in [3.63, 3.8) is 0 Å². The van der Waals surface area contributed by atoms with E-state index in [0.717, 1.165) is 11.3 Å². The molecule has 0 bridgehead atoms. The largest absolute Gasteiger partial charge is 0.490 e. The Morgan fingerprint density at radius 1 is 1.17 bits per heavy atom. The number of aliphatic hydroxyl groups is 1. The van der Waals surface area contributed by atoms with Gasteiger partial charge in [0.05, 0.1) is 5.60 Å². The second-order valence-corrected chi connectivity index (χ2v) is 6.37. The highest BCUT2D eigenvalue weighted by Crippen LogP contribution is 2.28. The summed E-state index contributed by atoms with van der Waals surface area (Å²) in [5.74, 6) is 0.858. The van der Waals surface area contributed by atoms with Crippen LogP contribution in [0.5, 0.6) is 5.75 Å². The maximum absolute atomic E-state index is 9.93. The van der Waals surface area contributed by atoms with Crippen molar-refractivity contribution >= 4 is 0 Å². The lowest BCUT2D eigenvalue weighted by molar-refractivity contribution is 0.00826. The Kier molecular flexibility index (Phi) is 4.44. The highest BCUT2D eigenvalue weighted by atomic mass is 16.5. The third kappa shape index (κ3) is 4.02. The number of ether oxygens (including phenoxy) is 1. The van der Waals surface area contributed by atoms with Crippen LogP contribution in [0.1, 0.15) is 52.2 Å². The SMILES string of the molecule is CCC(C)(O)COc1ccc(C(C)(C)C)cc1C. The zero-order chi connectivity index (χ0) is 14.0. The lowest BCUT2D eigenvalue weighted by Gasteiger charge is -2.24. The third-order valence-electron chi connectivity index (χ3n) is 3.34. The zero-order valence-corrected chi connectivity index (χ0v) is 12.5. The van der Waals surface area contributed by atoms with Crippen molar-refractivity contribution in [3.8, 4) is 5.75 Å². The van der Waals surface area contributed by atoms with Gasteiger partial charge in [-0.15, -0.1) is 0 Å². The van der Waals surface area contributed by atoms with Gasteiger partial charge in [-0.25, -0.2) is 0 Å². The van der Waals surface area contributed by atoms with Crippen LogP contribution in [0.4, 0.5) is 0 Å². The standard InChI is InChI=1S/C16H26O2/c1-7-16(6,17)11-18-14-9-8-13(10-12(14)2)15(3,4)5/h8-10,17H,7,11H2,1-6H3. The summed E-state index contributed by atoms with van der Waals surface area (Å²) in [5, 5.41) is 9.93. The highest BCUT2D eigenvalue weighted by molar-refractivity contribution is 5.38. The maximum atomic E-state index is 9.93. The molecule has 2 heteroatoms. The summed E-state index contributed by atoms with van der Waals surface area (Å²) >= 11 is 0. The Morgan fingerprint density at radius 2 is 1.78 bits per heavy atom. The molecule has 0 aliphatic carbocycles. The van der Waals surface area contributed by atoms with Gasteiger partial charge in [-0.3, -0.25) is 0 Å². The Balaban J connectivity index is 2.81. The summed E-state index contributed by atoms with van der Waals surface area (Å²) < 4.78 is 5.71. The predicted octanol–water partition coefficient (Wildman–Crippen LogP) is 3.83. The molecule has 0 amide bonds. The van der Waals surface area contributed by atoms with E-state index >= 15 is 0 Å². The Hall–Kier alpha value is -1.02. The van der Waals surface area contributed by atoms with Crippen molar-refractivity contribution < 1.29 is 9.84 Å². The molecule has 0 aliphatic heterocycles. The monoisotopic (exact) mass is 250 g/mol. The second kappa shape index (κ2) is 5.31. The molecule has 1 atom stereocenters. The molecule has 0 spiro atoms. The zero-order valence-electron chi connectivity index (χ0n) is 12.5. The number of hydrogen-bond donors (Lipinski definition) is 1. The minimum atomic E-state index is -0.755. The summed E-state index contributed by atoms with van der Waals surface area (Å²) in [6.07, 6.45) is 0.687. The normalized spacial score (nSPS) is 15.3. The van der Waals surface area contributed by atoms with Gasteiger partial charge < -0.3 is 9.84 Å². The average Bonchev–Trinajstić information content (AvgIpc) is 2.26. The van der Waals surface area contributed by atoms with Crippen LogP contribution in [-0.4, -0.2) is 17.3 Å². The molecular formula is C16H26O2. The van der Waals surface area contributed by atoms with E-state index in [1.54, 1.807) is 6.92 Å². The lowest BCUT2D eigenvalue weighted by atomic mass is 9.86. The Morgan fingerprint density at radius 3 is 2.22 bits per heavy atom. The first-order valence-electron chi connectivity index (χ1n) is 6.62. The molecule has 2 nitrogen and oxygen atoms in total. The first-order valence-corrected chi connectivity index (χ1v) is 6.62. The molecule has 1 aromatic rings. The molecule has 102 valence electrons. The molecule has 0 heterocycles. The van der Waals surface area contributed by atoms with Crippen LogP contribution in [0.3, 0.4) is 0 Å². The van der Waals surface area contributed by atoms with Gasteiger partial charge in [0.1, 0.15) is 12.4 Å². The average molecular weight is 250 g/mol. The van der Waals surface area contributed by atoms with Crippen LogP contribution in [0.15, 0.2) is 18.2 Å². The molecule has 0 fully saturated rings. The Bertz CT molecular complexity index is 400. The van der Waals surface area contributed by atoms with Gasteiger partial charge in [0, 0.05) is 0 Å². The molecule has 18 heavy (non-hydrogen) atoms. The highest BCUT2D eigenvalue weighted by Gasteiger charge is 2.19. The van der Waals surface area contributed by atoms with Gasteiger partial charge in [0.25, 0.3) is 0 Å². The second-order valence-electron chi connectivity index (χ2n) is 6.37. The molecule has 0 saturated carbocycles. The van der Waals surface area contributed by atoms with E-state index in [4.69, 9.17) is 4.74 Å². The maximum Gasteiger partial charge on any atom is 0.122 e. The van der Waals surface area contributed by atoms with Gasteiger partial charge in [0.2, 0.25) is 0 Å². The topological polar surface area (TPSA) is 29.5 Å². The van der Waals surface area contributed by atoms with E-state index in [1.807, 2.05) is 19.9 Å². The van der Waals surface area contributed by atoms with Gasteiger partial charge in [-0.2, -0.15) is 0 Å². The fourth-order valence-electron chi connectivity index (χ4n) is 1.61. The molecule has 0 aliphatic rings. The molecule has 1 unspecified atom stereocenters. The Labute approximate surface area is 111 Å². The van der Waals surface area contributed by atoms with E-state index in [-0.39, 0.29) is 5.41 Å². The van der Waals surface area contributed by atoms with Gasteiger partial charge in [0.15, 0.2) is 0 Å². The fourth-order valence-corrected chi connectivity index (χ4v) is 1.61. The molecule has 1 aromatic carbocycles. The van der Waals surface area contributed by atoms with E-state index in [1.165, 1.54) is 5.56 Å². The van der Waals surface area contributed by atoms with Crippen LogP contribution in [0, 0.1) is 6.92 Å². The van der Waals surface area contributed by atoms with Crippen molar-refractivity contribution in [1.29, 1.82) is 0 Å². The van der Waals surface area contributed by atoms with Crippen molar-refractivity contribution in [2.24, 2.45) is 0 Å². The van der Waals surface area contributed by atoms with Crippen molar-refractivity contribution in [3.05, 3.63) is 29.3 Å². The molecule has 0 aromatic heterocycles. The number of aryl methyl sites for hydroxylation is 1. The number of hydrogen-bond acceptors (Lipinski definition) is 2. The van der Waals surface area contributed by atoms with Crippen LogP contribution in [0.2, 0.25) is 0 Å². The molecule has 1 rings (SSSR count). The van der Waals surface area contributed by atoms with Gasteiger partial charge in [-0.1, -0.05) is 39.8 Å². The molecule has 0 radical (unpaired) electrons. The summed E-state index contributed by atoms with van der Waals surface area (Å²) in [6, 6.07) is 6.26. The van der Waals surface area contributed by atoms with E-state index in [9.17, 15) is 5.11 Å². The number of rotatable bonds is 4. The molecular weight excluding hydrogens is 224 g/mol. The van der Waals surface area contributed by atoms with Gasteiger partial charge >= 0.3 is 0 Å². The summed E-state index contributed by atoms with van der Waals surface area (Å²) in [6.45, 7) is 12.7. The van der Waals surface area contributed by atoms with Crippen LogP contribution in [0.25, 0.3) is 0 Å². The first kappa shape index (κ1) is 15.0. The fraction of sp³-hybridized carbons (Fsp3) is 0.625. The number of benzene rings is 1. The minimum absolute atomic E-state index is 0.151. The smallest absolute Gasteiger partial charge is 0.122 e. The van der Waals surface area contributed by atoms with Crippen LogP contribution >= 0.6 is 0 Å². The molecule has 0 saturated heterocycles. The summed E-state index contributed by atoms with van der Waals surface area (Å²) in [7, 11) is 0. The van der Waals surface area contributed by atoms with Crippen LogP contribution < -0.4 is 4.74 Å². The predicted molar refractivity (Wildman–Crippen MR) is 76.3 cm³/mol. The van der Waals surface area contributed by atoms with Gasteiger partial charge in [-0.05, 0) is 42.9 Å².